The highest BCUT2D eigenvalue weighted by atomic mass is 35.5. The summed E-state index contributed by atoms with van der Waals surface area (Å²) >= 11 is 6.34. The first-order valence-electron chi connectivity index (χ1n) is 15.6. The van der Waals surface area contributed by atoms with Crippen molar-refractivity contribution in [2.75, 3.05) is 34.0 Å². The van der Waals surface area contributed by atoms with Crippen molar-refractivity contribution in [3.8, 4) is 6.07 Å². The number of hydrogen-bond donors (Lipinski definition) is 2. The molecule has 2 aromatic rings. The second-order valence-corrected chi connectivity index (χ2v) is 12.6. The van der Waals surface area contributed by atoms with Crippen molar-refractivity contribution in [1.82, 2.24) is 9.88 Å². The van der Waals surface area contributed by atoms with E-state index in [0.717, 1.165) is 24.0 Å². The highest BCUT2D eigenvalue weighted by molar-refractivity contribution is 6.30. The lowest BCUT2D eigenvalue weighted by molar-refractivity contribution is -0.151. The minimum atomic E-state index is -1.34. The minimum absolute atomic E-state index is 0.0146. The number of nitrogens with zero attached hydrogens (tertiary/aromatic N) is 3. The average molecular weight is 665 g/mol. The molecule has 1 aliphatic carbocycles. The van der Waals surface area contributed by atoms with Crippen molar-refractivity contribution in [3.05, 3.63) is 113 Å². The molecule has 252 valence electrons. The molecule has 4 rings (SSSR count). The number of halogens is 2. The van der Waals surface area contributed by atoms with Crippen LogP contribution >= 0.6 is 11.6 Å². The predicted octanol–water partition coefficient (Wildman–Crippen LogP) is 6.55. The topological polar surface area (TPSA) is 122 Å². The SMILES string of the molecule is C=C/C(=C/C(=C\C)C(C)(O)C1CCOCC1)C(=C)[C@](OCC1(C(N)=O)CC1)(c1ccc(Cl)cc1)N(C)Cc1ccc(C#N)cn1.CF. The second-order valence-electron chi connectivity index (χ2n) is 12.2. The van der Waals surface area contributed by atoms with Gasteiger partial charge in [0.25, 0.3) is 0 Å². The number of aromatic nitrogens is 1. The number of allylic oxidation sites excluding steroid dienone is 2. The van der Waals surface area contributed by atoms with Crippen LogP contribution in [0.4, 0.5) is 4.39 Å². The average Bonchev–Trinajstić information content (AvgIpc) is 3.89. The Hall–Kier alpha value is -3.65. The molecular weight excluding hydrogens is 619 g/mol. The smallest absolute Gasteiger partial charge is 0.225 e. The zero-order valence-electron chi connectivity index (χ0n) is 27.8. The largest absolute Gasteiger partial charge is 0.385 e. The second kappa shape index (κ2) is 16.4. The van der Waals surface area contributed by atoms with Crippen LogP contribution in [0.5, 0.6) is 0 Å². The van der Waals surface area contributed by atoms with E-state index in [1.807, 2.05) is 50.1 Å². The summed E-state index contributed by atoms with van der Waals surface area (Å²) in [5.41, 5.74) is 6.38. The Morgan fingerprint density at radius 3 is 2.40 bits per heavy atom. The van der Waals surface area contributed by atoms with Gasteiger partial charge < -0.3 is 20.3 Å². The van der Waals surface area contributed by atoms with E-state index in [9.17, 15) is 19.6 Å². The molecular formula is C37H46ClFN4O4. The van der Waals surface area contributed by atoms with Gasteiger partial charge in [0.2, 0.25) is 5.91 Å². The maximum absolute atomic E-state index is 12.5. The number of alkyl halides is 1. The molecule has 1 amide bonds. The van der Waals surface area contributed by atoms with Gasteiger partial charge in [-0.3, -0.25) is 19.1 Å². The number of pyridine rings is 1. The maximum atomic E-state index is 12.5. The molecule has 2 fully saturated rings. The van der Waals surface area contributed by atoms with Crippen LogP contribution in [0.2, 0.25) is 5.02 Å². The molecule has 1 aromatic carbocycles. The highest BCUT2D eigenvalue weighted by Gasteiger charge is 2.52. The first-order valence-corrected chi connectivity index (χ1v) is 16.0. The summed E-state index contributed by atoms with van der Waals surface area (Å²) < 4.78 is 22.0. The first kappa shape index (κ1) is 37.8. The zero-order chi connectivity index (χ0) is 34.8. The number of amides is 1. The molecule has 2 aliphatic rings. The number of ether oxygens (including phenoxy) is 2. The van der Waals surface area contributed by atoms with Crippen molar-refractivity contribution < 1.29 is 23.8 Å². The lowest BCUT2D eigenvalue weighted by Crippen LogP contribution is -2.49. The molecule has 8 nitrogen and oxygen atoms in total. The monoisotopic (exact) mass is 664 g/mol. The Labute approximate surface area is 283 Å². The Morgan fingerprint density at radius 1 is 1.28 bits per heavy atom. The number of hydrogen-bond acceptors (Lipinski definition) is 7. The number of carbonyl (C=O) groups is 1. The van der Waals surface area contributed by atoms with Crippen LogP contribution in [0.15, 0.2) is 90.7 Å². The normalized spacial score (nSPS) is 19.0. The maximum Gasteiger partial charge on any atom is 0.225 e. The Balaban J connectivity index is 0.00000294. The molecule has 1 aliphatic heterocycles. The summed E-state index contributed by atoms with van der Waals surface area (Å²) in [5, 5.41) is 21.7. The molecule has 1 aromatic heterocycles. The van der Waals surface area contributed by atoms with Gasteiger partial charge in [-0.15, -0.1) is 0 Å². The van der Waals surface area contributed by atoms with Crippen molar-refractivity contribution >= 4 is 17.5 Å². The Morgan fingerprint density at radius 2 is 1.91 bits per heavy atom. The molecule has 0 spiro atoms. The van der Waals surface area contributed by atoms with Crippen LogP contribution in [0, 0.1) is 22.7 Å². The minimum Gasteiger partial charge on any atom is -0.385 e. The fourth-order valence-corrected chi connectivity index (χ4v) is 6.15. The quantitative estimate of drug-likeness (QED) is 0.173. The van der Waals surface area contributed by atoms with Gasteiger partial charge in [0, 0.05) is 42.1 Å². The lowest BCUT2D eigenvalue weighted by atomic mass is 9.76. The molecule has 1 saturated heterocycles. The van der Waals surface area contributed by atoms with Gasteiger partial charge in [-0.25, -0.2) is 0 Å². The van der Waals surface area contributed by atoms with Crippen molar-refractivity contribution in [2.45, 2.75) is 57.4 Å². The zero-order valence-corrected chi connectivity index (χ0v) is 28.5. The van der Waals surface area contributed by atoms with Crippen molar-refractivity contribution in [3.63, 3.8) is 0 Å². The van der Waals surface area contributed by atoms with Crippen LogP contribution in [0.1, 0.15) is 56.4 Å². The molecule has 0 bridgehead atoms. The van der Waals surface area contributed by atoms with Gasteiger partial charge in [-0.1, -0.05) is 49.0 Å². The molecule has 0 radical (unpaired) electrons. The number of benzene rings is 1. The molecule has 3 N–H and O–H groups in total. The third-order valence-corrected chi connectivity index (χ3v) is 9.51. The molecule has 2 heterocycles. The van der Waals surface area contributed by atoms with Gasteiger partial charge >= 0.3 is 0 Å². The Kier molecular flexibility index (Phi) is 13.2. The number of aliphatic hydroxyl groups is 1. The van der Waals surface area contributed by atoms with E-state index >= 15 is 0 Å². The van der Waals surface area contributed by atoms with Crippen LogP contribution in [-0.2, 0) is 26.5 Å². The van der Waals surface area contributed by atoms with Crippen LogP contribution in [0.3, 0.4) is 0 Å². The number of primary amides is 1. The van der Waals surface area contributed by atoms with Gasteiger partial charge in [0.15, 0.2) is 5.72 Å². The molecule has 2 atom stereocenters. The third kappa shape index (κ3) is 8.45. The summed E-state index contributed by atoms with van der Waals surface area (Å²) in [5.74, 6) is -0.390. The van der Waals surface area contributed by atoms with Crippen molar-refractivity contribution in [1.29, 1.82) is 5.26 Å². The van der Waals surface area contributed by atoms with E-state index in [1.54, 1.807) is 30.3 Å². The number of nitrogens with two attached hydrogens (primary N) is 1. The molecule has 1 saturated carbocycles. The van der Waals surface area contributed by atoms with Crippen LogP contribution < -0.4 is 5.73 Å². The van der Waals surface area contributed by atoms with Gasteiger partial charge in [0.1, 0.15) is 6.07 Å². The number of rotatable bonds is 14. The molecule has 1 unspecified atom stereocenters. The number of carbonyl (C=O) groups excluding carboxylic acids is 1. The van der Waals surface area contributed by atoms with E-state index in [2.05, 4.69) is 24.2 Å². The lowest BCUT2D eigenvalue weighted by Gasteiger charge is -2.45. The summed E-state index contributed by atoms with van der Waals surface area (Å²) in [6, 6.07) is 12.9. The van der Waals surface area contributed by atoms with Crippen molar-refractivity contribution in [2.24, 2.45) is 17.1 Å². The van der Waals surface area contributed by atoms with Crippen LogP contribution in [0.25, 0.3) is 0 Å². The van der Waals surface area contributed by atoms with E-state index in [1.165, 1.54) is 6.20 Å². The summed E-state index contributed by atoms with van der Waals surface area (Å²) in [7, 11) is 2.39. The fourth-order valence-electron chi connectivity index (χ4n) is 6.02. The van der Waals surface area contributed by atoms with Gasteiger partial charge in [-0.05, 0) is 94.0 Å². The standard InChI is InChI=1S/C36H43ClN4O4.CH3F/c1-6-27(20-28(7-2)34(4,43)29-14-18-44-19-15-29)25(3)36(30-9-11-31(37)12-10-30,45-24-35(16-17-35)33(39)42)41(5)23-32-13-8-26(21-38)22-40-32;1-2/h6-13,20,22,29,43H,1,3,14-19,23-24H2,2,4-5H3,(H2,39,42);1H3/b27-20-,28-7+;/t34?,36-;/m0./s1. The Bertz CT molecular complexity index is 1500. The van der Waals surface area contributed by atoms with Gasteiger partial charge in [0.05, 0.1) is 36.1 Å². The van der Waals surface area contributed by atoms with E-state index in [4.69, 9.17) is 26.8 Å². The molecule has 10 heteroatoms. The summed E-state index contributed by atoms with van der Waals surface area (Å²) in [6.07, 6.45) is 9.81. The fraction of sp³-hybridized carbons (Fsp3) is 0.432. The van der Waals surface area contributed by atoms with Crippen LogP contribution in [-0.4, -0.2) is 60.5 Å². The molecule has 47 heavy (non-hydrogen) atoms. The number of nitriles is 1. The first-order chi connectivity index (χ1) is 22.4. The summed E-state index contributed by atoms with van der Waals surface area (Å²) in [4.78, 5) is 19.0. The number of likely N-dealkylation sites (N-methyl/N-ethyl adjacent to an activating group) is 1. The van der Waals surface area contributed by atoms with Gasteiger partial charge in [-0.2, -0.15) is 5.26 Å². The predicted molar refractivity (Wildman–Crippen MR) is 183 cm³/mol. The highest BCUT2D eigenvalue weighted by Crippen LogP contribution is 2.49. The van der Waals surface area contributed by atoms with E-state index < -0.39 is 22.6 Å². The van der Waals surface area contributed by atoms with E-state index in [0.29, 0.717) is 67.2 Å². The van der Waals surface area contributed by atoms with E-state index in [-0.39, 0.29) is 12.5 Å². The summed E-state index contributed by atoms with van der Waals surface area (Å²) in [6.45, 7) is 14.0. The third-order valence-electron chi connectivity index (χ3n) is 9.26.